The van der Waals surface area contributed by atoms with Crippen molar-refractivity contribution in [2.75, 3.05) is 31.5 Å². The lowest BCUT2D eigenvalue weighted by Gasteiger charge is -2.34. The highest BCUT2D eigenvalue weighted by atomic mass is 16.2. The molecule has 1 aliphatic rings. The molecule has 1 fully saturated rings. The number of anilines is 1. The summed E-state index contributed by atoms with van der Waals surface area (Å²) in [6, 6.07) is 15.4. The average Bonchev–Trinajstić information content (AvgIpc) is 2.63. The van der Waals surface area contributed by atoms with Crippen LogP contribution in [-0.4, -0.2) is 47.9 Å². The molecule has 0 bridgehead atoms. The van der Waals surface area contributed by atoms with Crippen LogP contribution < -0.4 is 11.1 Å². The number of rotatable bonds is 4. The van der Waals surface area contributed by atoms with Gasteiger partial charge in [-0.3, -0.25) is 9.69 Å². The molecule has 136 valence electrons. The van der Waals surface area contributed by atoms with E-state index in [4.69, 9.17) is 5.73 Å². The number of nitrogens with two attached hydrogens (primary N) is 1. The first-order valence-corrected chi connectivity index (χ1v) is 8.75. The Bertz CT molecular complexity index is 784. The molecule has 6 nitrogen and oxygen atoms in total. The SMILES string of the molecule is Cc1cc(NC(=O)N2CCN(Cc3ccccc3)CC2)ccc1C(N)=O. The van der Waals surface area contributed by atoms with Gasteiger partial charge in [0.05, 0.1) is 0 Å². The maximum absolute atomic E-state index is 12.5. The first-order chi connectivity index (χ1) is 12.5. The molecular formula is C20H24N4O2. The Morgan fingerprint density at radius 3 is 2.35 bits per heavy atom. The summed E-state index contributed by atoms with van der Waals surface area (Å²) in [7, 11) is 0. The molecule has 0 aliphatic carbocycles. The van der Waals surface area contributed by atoms with E-state index in [9.17, 15) is 9.59 Å². The van der Waals surface area contributed by atoms with E-state index in [1.165, 1.54) is 5.56 Å². The van der Waals surface area contributed by atoms with Gasteiger partial charge in [0.2, 0.25) is 5.91 Å². The standard InChI is InChI=1S/C20H24N4O2/c1-15-13-17(7-8-18(15)19(21)25)22-20(26)24-11-9-23(10-12-24)14-16-5-3-2-4-6-16/h2-8,13H,9-12,14H2,1H3,(H2,21,25)(H,22,26). The summed E-state index contributed by atoms with van der Waals surface area (Å²) in [4.78, 5) is 27.9. The molecule has 0 unspecified atom stereocenters. The molecule has 0 atom stereocenters. The summed E-state index contributed by atoms with van der Waals surface area (Å²) in [5.74, 6) is -0.463. The quantitative estimate of drug-likeness (QED) is 0.887. The van der Waals surface area contributed by atoms with Crippen molar-refractivity contribution in [2.45, 2.75) is 13.5 Å². The van der Waals surface area contributed by atoms with Crippen molar-refractivity contribution in [3.63, 3.8) is 0 Å². The maximum Gasteiger partial charge on any atom is 0.321 e. The third-order valence-electron chi connectivity index (χ3n) is 4.65. The fourth-order valence-electron chi connectivity index (χ4n) is 3.17. The number of urea groups is 1. The highest BCUT2D eigenvalue weighted by Gasteiger charge is 2.21. The summed E-state index contributed by atoms with van der Waals surface area (Å²) < 4.78 is 0. The second-order valence-electron chi connectivity index (χ2n) is 6.57. The number of amides is 3. The van der Waals surface area contributed by atoms with Gasteiger partial charge in [-0.25, -0.2) is 4.79 Å². The first kappa shape index (κ1) is 17.9. The molecule has 0 aromatic heterocycles. The smallest absolute Gasteiger partial charge is 0.321 e. The molecule has 2 aromatic carbocycles. The molecular weight excluding hydrogens is 328 g/mol. The van der Waals surface area contributed by atoms with Crippen molar-refractivity contribution in [3.8, 4) is 0 Å². The van der Waals surface area contributed by atoms with Gasteiger partial charge in [0.15, 0.2) is 0 Å². The summed E-state index contributed by atoms with van der Waals surface area (Å²) >= 11 is 0. The zero-order valence-corrected chi connectivity index (χ0v) is 14.9. The van der Waals surface area contributed by atoms with Gasteiger partial charge in [0.1, 0.15) is 0 Å². The van der Waals surface area contributed by atoms with E-state index in [2.05, 4.69) is 22.3 Å². The van der Waals surface area contributed by atoms with Crippen LogP contribution in [0.1, 0.15) is 21.5 Å². The Kier molecular flexibility index (Phi) is 5.53. The summed E-state index contributed by atoms with van der Waals surface area (Å²) in [6.45, 7) is 5.79. The van der Waals surface area contributed by atoms with Gasteiger partial charge in [-0.15, -0.1) is 0 Å². The number of carbonyl (C=O) groups excluding carboxylic acids is 2. The Morgan fingerprint density at radius 2 is 1.73 bits per heavy atom. The molecule has 0 radical (unpaired) electrons. The van der Waals surface area contributed by atoms with Gasteiger partial charge in [0.25, 0.3) is 0 Å². The number of nitrogens with one attached hydrogen (secondary N) is 1. The second kappa shape index (κ2) is 8.01. The normalized spacial score (nSPS) is 14.9. The van der Waals surface area contributed by atoms with Crippen LogP contribution in [0, 0.1) is 6.92 Å². The van der Waals surface area contributed by atoms with Gasteiger partial charge in [-0.2, -0.15) is 0 Å². The Labute approximate surface area is 153 Å². The lowest BCUT2D eigenvalue weighted by atomic mass is 10.1. The number of benzene rings is 2. The van der Waals surface area contributed by atoms with Crippen molar-refractivity contribution in [1.82, 2.24) is 9.80 Å². The zero-order chi connectivity index (χ0) is 18.5. The Balaban J connectivity index is 1.52. The van der Waals surface area contributed by atoms with Gasteiger partial charge >= 0.3 is 6.03 Å². The van der Waals surface area contributed by atoms with Crippen LogP contribution in [0.5, 0.6) is 0 Å². The first-order valence-electron chi connectivity index (χ1n) is 8.75. The highest BCUT2D eigenvalue weighted by molar-refractivity contribution is 5.96. The lowest BCUT2D eigenvalue weighted by Crippen LogP contribution is -2.49. The number of aryl methyl sites for hydroxylation is 1. The second-order valence-corrected chi connectivity index (χ2v) is 6.57. The largest absolute Gasteiger partial charge is 0.366 e. The number of carbonyl (C=O) groups is 2. The van der Waals surface area contributed by atoms with E-state index < -0.39 is 5.91 Å². The fourth-order valence-corrected chi connectivity index (χ4v) is 3.17. The number of hydrogen-bond donors (Lipinski definition) is 2. The van der Waals surface area contributed by atoms with Crippen LogP contribution >= 0.6 is 0 Å². The lowest BCUT2D eigenvalue weighted by molar-refractivity contribution is 0.0999. The van der Waals surface area contributed by atoms with E-state index in [1.54, 1.807) is 25.1 Å². The van der Waals surface area contributed by atoms with Crippen LogP contribution in [0.4, 0.5) is 10.5 Å². The summed E-state index contributed by atoms with van der Waals surface area (Å²) in [5, 5.41) is 2.90. The minimum atomic E-state index is -0.463. The van der Waals surface area contributed by atoms with Gasteiger partial charge in [-0.1, -0.05) is 30.3 Å². The number of piperazine rings is 1. The topological polar surface area (TPSA) is 78.7 Å². The van der Waals surface area contributed by atoms with Crippen LogP contribution in [-0.2, 0) is 6.54 Å². The van der Waals surface area contributed by atoms with Gasteiger partial charge < -0.3 is 16.0 Å². The molecule has 1 aliphatic heterocycles. The van der Waals surface area contributed by atoms with Crippen molar-refractivity contribution in [2.24, 2.45) is 5.73 Å². The van der Waals surface area contributed by atoms with Crippen LogP contribution in [0.25, 0.3) is 0 Å². The van der Waals surface area contributed by atoms with E-state index in [0.29, 0.717) is 24.3 Å². The molecule has 1 heterocycles. The minimum Gasteiger partial charge on any atom is -0.366 e. The number of primary amides is 1. The van der Waals surface area contributed by atoms with E-state index >= 15 is 0 Å². The number of nitrogens with zero attached hydrogens (tertiary/aromatic N) is 2. The fraction of sp³-hybridized carbons (Fsp3) is 0.300. The molecule has 3 N–H and O–H groups in total. The summed E-state index contributed by atoms with van der Waals surface area (Å²) in [5.41, 5.74) is 8.49. The molecule has 0 saturated carbocycles. The number of hydrogen-bond acceptors (Lipinski definition) is 3. The van der Waals surface area contributed by atoms with Gasteiger partial charge in [0, 0.05) is 44.0 Å². The van der Waals surface area contributed by atoms with E-state index in [1.807, 2.05) is 23.1 Å². The molecule has 3 amide bonds. The molecule has 26 heavy (non-hydrogen) atoms. The minimum absolute atomic E-state index is 0.115. The van der Waals surface area contributed by atoms with Crippen LogP contribution in [0.2, 0.25) is 0 Å². The van der Waals surface area contributed by atoms with Gasteiger partial charge in [-0.05, 0) is 36.2 Å². The van der Waals surface area contributed by atoms with E-state index in [0.717, 1.165) is 25.2 Å². The monoisotopic (exact) mass is 352 g/mol. The Hall–Kier alpha value is -2.86. The van der Waals surface area contributed by atoms with Crippen molar-refractivity contribution >= 4 is 17.6 Å². The summed E-state index contributed by atoms with van der Waals surface area (Å²) in [6.07, 6.45) is 0. The van der Waals surface area contributed by atoms with Crippen LogP contribution in [0.15, 0.2) is 48.5 Å². The molecule has 6 heteroatoms. The third kappa shape index (κ3) is 4.40. The molecule has 1 saturated heterocycles. The van der Waals surface area contributed by atoms with Crippen molar-refractivity contribution in [3.05, 3.63) is 65.2 Å². The molecule has 3 rings (SSSR count). The van der Waals surface area contributed by atoms with Crippen molar-refractivity contribution in [1.29, 1.82) is 0 Å². The molecule has 0 spiro atoms. The highest BCUT2D eigenvalue weighted by Crippen LogP contribution is 2.16. The van der Waals surface area contributed by atoms with Crippen LogP contribution in [0.3, 0.4) is 0 Å². The predicted octanol–water partition coefficient (Wildman–Crippen LogP) is 2.44. The average molecular weight is 352 g/mol. The predicted molar refractivity (Wildman–Crippen MR) is 102 cm³/mol. The Morgan fingerprint density at radius 1 is 1.04 bits per heavy atom. The zero-order valence-electron chi connectivity index (χ0n) is 14.9. The van der Waals surface area contributed by atoms with E-state index in [-0.39, 0.29) is 6.03 Å². The van der Waals surface area contributed by atoms with Crippen molar-refractivity contribution < 1.29 is 9.59 Å². The molecule has 2 aromatic rings. The maximum atomic E-state index is 12.5. The third-order valence-corrected chi connectivity index (χ3v) is 4.65.